The molecule has 2 heterocycles. The maximum atomic E-state index is 10.4. The number of rotatable bonds is 4. The van der Waals surface area contributed by atoms with E-state index >= 15 is 0 Å². The van der Waals surface area contributed by atoms with Gasteiger partial charge in [-0.3, -0.25) is 3.97 Å². The Bertz CT molecular complexity index is 536. The molecule has 0 radical (unpaired) electrons. The average molecular weight is 306 g/mol. The molecule has 0 bridgehead atoms. The molecule has 1 aliphatic heterocycles. The van der Waals surface area contributed by atoms with E-state index < -0.39 is 15.8 Å². The Morgan fingerprint density at radius 1 is 1.33 bits per heavy atom. The maximum Gasteiger partial charge on any atom is 0.104 e. The molecule has 4 heteroatoms. The van der Waals surface area contributed by atoms with Gasteiger partial charge in [-0.05, 0) is 49.0 Å². The normalized spacial score (nSPS) is 30.1. The van der Waals surface area contributed by atoms with Crippen LogP contribution in [0.2, 0.25) is 0 Å². The second-order valence-corrected chi connectivity index (χ2v) is 9.78. The van der Waals surface area contributed by atoms with Crippen LogP contribution >= 0.6 is 10.2 Å². The van der Waals surface area contributed by atoms with Crippen LogP contribution in [0.25, 0.3) is 0 Å². The van der Waals surface area contributed by atoms with E-state index in [9.17, 15) is 5.11 Å². The van der Waals surface area contributed by atoms with E-state index in [4.69, 9.17) is 0 Å². The molecule has 21 heavy (non-hydrogen) atoms. The van der Waals surface area contributed by atoms with Crippen molar-refractivity contribution >= 4 is 10.2 Å². The average Bonchev–Trinajstić information content (AvgIpc) is 3.07. The van der Waals surface area contributed by atoms with Crippen LogP contribution < -0.4 is 0 Å². The van der Waals surface area contributed by atoms with Crippen molar-refractivity contribution in [2.45, 2.75) is 51.6 Å². The molecule has 1 saturated carbocycles. The largest absolute Gasteiger partial charge is 0.390 e. The van der Waals surface area contributed by atoms with E-state index in [0.29, 0.717) is 0 Å². The molecule has 2 aliphatic rings. The fourth-order valence-electron chi connectivity index (χ4n) is 3.49. The van der Waals surface area contributed by atoms with Crippen LogP contribution in [0.15, 0.2) is 41.2 Å². The van der Waals surface area contributed by atoms with Gasteiger partial charge in [0.05, 0.1) is 5.60 Å². The molecule has 1 atom stereocenters. The molecule has 3 nitrogen and oxygen atoms in total. The fraction of sp³-hybridized carbons (Fsp3) is 0.588. The number of imidazole rings is 1. The van der Waals surface area contributed by atoms with Gasteiger partial charge in [-0.25, -0.2) is 4.98 Å². The second-order valence-electron chi connectivity index (χ2n) is 6.94. The highest BCUT2D eigenvalue weighted by molar-refractivity contribution is 8.37. The summed E-state index contributed by atoms with van der Waals surface area (Å²) in [5.41, 5.74) is 0.810. The maximum absolute atomic E-state index is 10.4. The Labute approximate surface area is 129 Å². The summed E-state index contributed by atoms with van der Waals surface area (Å²) in [4.78, 5) is 4.22. The van der Waals surface area contributed by atoms with Gasteiger partial charge in [0.2, 0.25) is 0 Å². The minimum atomic E-state index is -1.29. The first-order valence-electron chi connectivity index (χ1n) is 7.90. The lowest BCUT2D eigenvalue weighted by Gasteiger charge is -2.38. The highest BCUT2D eigenvalue weighted by Crippen LogP contribution is 2.59. The zero-order valence-corrected chi connectivity index (χ0v) is 13.9. The predicted octanol–water partition coefficient (Wildman–Crippen LogP) is 4.21. The van der Waals surface area contributed by atoms with E-state index in [-0.39, 0.29) is 0 Å². The summed E-state index contributed by atoms with van der Waals surface area (Å²) in [7, 11) is -1.29. The van der Waals surface area contributed by atoms with Gasteiger partial charge >= 0.3 is 0 Å². The van der Waals surface area contributed by atoms with Crippen LogP contribution in [0.5, 0.6) is 0 Å². The van der Waals surface area contributed by atoms with Gasteiger partial charge in [-0.15, -0.1) is 10.2 Å². The molecular weight excluding hydrogens is 280 g/mol. The van der Waals surface area contributed by atoms with Gasteiger partial charge in [-0.2, -0.15) is 0 Å². The first-order valence-corrected chi connectivity index (χ1v) is 9.79. The zero-order chi connectivity index (χ0) is 14.9. The number of aliphatic hydroxyl groups is 1. The molecule has 0 saturated heterocycles. The predicted molar refractivity (Wildman–Crippen MR) is 90.2 cm³/mol. The van der Waals surface area contributed by atoms with Crippen LogP contribution in [-0.4, -0.2) is 25.4 Å². The van der Waals surface area contributed by atoms with Crippen molar-refractivity contribution in [2.24, 2.45) is 5.92 Å². The Hall–Kier alpha value is -1.00. The molecule has 1 fully saturated rings. The topological polar surface area (TPSA) is 38.0 Å². The van der Waals surface area contributed by atoms with Gasteiger partial charge in [0.15, 0.2) is 0 Å². The van der Waals surface area contributed by atoms with Crippen molar-refractivity contribution in [2.75, 3.05) is 5.75 Å². The SMILES string of the molecule is CC(C)(O)CS1(n2ccnc2)C=CC(C2CCCCC2)=C1. The van der Waals surface area contributed by atoms with Gasteiger partial charge < -0.3 is 5.11 Å². The third kappa shape index (κ3) is 3.27. The molecule has 3 rings (SSSR count). The molecule has 1 N–H and O–H groups in total. The summed E-state index contributed by atoms with van der Waals surface area (Å²) >= 11 is 0. The molecule has 1 aromatic heterocycles. The molecule has 0 amide bonds. The van der Waals surface area contributed by atoms with Crippen LogP contribution in [0.1, 0.15) is 46.0 Å². The van der Waals surface area contributed by atoms with Gasteiger partial charge in [0.1, 0.15) is 6.33 Å². The van der Waals surface area contributed by atoms with Crippen molar-refractivity contribution in [1.29, 1.82) is 0 Å². The second kappa shape index (κ2) is 5.65. The molecule has 116 valence electrons. The van der Waals surface area contributed by atoms with E-state index in [1.54, 1.807) is 0 Å². The number of nitrogens with zero attached hydrogens (tertiary/aromatic N) is 2. The van der Waals surface area contributed by atoms with Crippen molar-refractivity contribution < 1.29 is 5.11 Å². The van der Waals surface area contributed by atoms with Crippen LogP contribution in [0.3, 0.4) is 0 Å². The third-order valence-electron chi connectivity index (χ3n) is 4.37. The van der Waals surface area contributed by atoms with Gasteiger partial charge in [0, 0.05) is 18.1 Å². The fourth-order valence-corrected chi connectivity index (χ4v) is 6.94. The van der Waals surface area contributed by atoms with Crippen molar-refractivity contribution in [3.63, 3.8) is 0 Å². The molecule has 1 aromatic rings. The summed E-state index contributed by atoms with van der Waals surface area (Å²) in [5.74, 6) is 1.47. The number of hydrogen-bond acceptors (Lipinski definition) is 2. The molecule has 0 spiro atoms. The summed E-state index contributed by atoms with van der Waals surface area (Å²) < 4.78 is 2.21. The van der Waals surface area contributed by atoms with E-state index in [1.807, 2.05) is 32.6 Å². The Morgan fingerprint density at radius 3 is 2.71 bits per heavy atom. The van der Waals surface area contributed by atoms with E-state index in [2.05, 4.69) is 25.8 Å². The summed E-state index contributed by atoms with van der Waals surface area (Å²) in [6.45, 7) is 3.80. The molecule has 1 unspecified atom stereocenters. The minimum absolute atomic E-state index is 0.678. The molecule has 0 aromatic carbocycles. The highest BCUT2D eigenvalue weighted by Gasteiger charge is 2.33. The van der Waals surface area contributed by atoms with Crippen LogP contribution in [0, 0.1) is 5.92 Å². The number of aromatic nitrogens is 2. The number of allylic oxidation sites excluding steroid dienone is 2. The van der Waals surface area contributed by atoms with Gasteiger partial charge in [-0.1, -0.05) is 25.3 Å². The van der Waals surface area contributed by atoms with Crippen LogP contribution in [-0.2, 0) is 0 Å². The van der Waals surface area contributed by atoms with E-state index in [1.165, 1.54) is 37.7 Å². The first kappa shape index (κ1) is 14.9. The number of hydrogen-bond donors (Lipinski definition) is 1. The minimum Gasteiger partial charge on any atom is -0.390 e. The monoisotopic (exact) mass is 306 g/mol. The van der Waals surface area contributed by atoms with E-state index in [0.717, 1.165) is 11.7 Å². The summed E-state index contributed by atoms with van der Waals surface area (Å²) in [6, 6.07) is 0. The quantitative estimate of drug-likeness (QED) is 0.904. The summed E-state index contributed by atoms with van der Waals surface area (Å²) in [5, 5.41) is 15.1. The lowest BCUT2D eigenvalue weighted by molar-refractivity contribution is 0.106. The zero-order valence-electron chi connectivity index (χ0n) is 13.0. The van der Waals surface area contributed by atoms with Crippen molar-refractivity contribution in [3.05, 3.63) is 41.2 Å². The van der Waals surface area contributed by atoms with Gasteiger partial charge in [0.25, 0.3) is 0 Å². The van der Waals surface area contributed by atoms with Crippen molar-refractivity contribution in [1.82, 2.24) is 8.96 Å². The molecular formula is C17H26N2OS. The lowest BCUT2D eigenvalue weighted by Crippen LogP contribution is -2.28. The van der Waals surface area contributed by atoms with Crippen LogP contribution in [0.4, 0.5) is 0 Å². The highest BCUT2D eigenvalue weighted by atomic mass is 32.3. The lowest BCUT2D eigenvalue weighted by atomic mass is 9.84. The smallest absolute Gasteiger partial charge is 0.104 e. The third-order valence-corrected chi connectivity index (χ3v) is 7.83. The molecule has 1 aliphatic carbocycles. The first-order chi connectivity index (χ1) is 9.99. The Morgan fingerprint density at radius 2 is 2.10 bits per heavy atom. The summed E-state index contributed by atoms with van der Waals surface area (Å²) in [6.07, 6.45) is 14.8. The standard InChI is InChI=1S/C17H26N2OS/c1-17(2,20)13-21(19-10-9-18-14-19)11-8-16(12-21)15-6-4-3-5-7-15/h8-12,14-15,20H,3-7,13H2,1-2H3. The Kier molecular flexibility index (Phi) is 4.02. The van der Waals surface area contributed by atoms with Crippen molar-refractivity contribution in [3.8, 4) is 0 Å². The Balaban J connectivity index is 1.91.